The topological polar surface area (TPSA) is 66.5 Å². The second-order valence-corrected chi connectivity index (χ2v) is 8.68. The molecule has 1 aliphatic rings. The number of nitrogens with one attached hydrogen (secondary N) is 1. The molecule has 0 radical (unpaired) electrons. The lowest BCUT2D eigenvalue weighted by Crippen LogP contribution is -2.47. The molecule has 0 bridgehead atoms. The number of hydrogen-bond acceptors (Lipinski definition) is 3. The number of piperidine rings is 1. The van der Waals surface area contributed by atoms with Crippen molar-refractivity contribution in [2.75, 3.05) is 25.4 Å². The lowest BCUT2D eigenvalue weighted by atomic mass is 9.92. The third-order valence-electron chi connectivity index (χ3n) is 4.12. The van der Waals surface area contributed by atoms with Crippen LogP contribution in [0.3, 0.4) is 0 Å². The van der Waals surface area contributed by atoms with Crippen LogP contribution in [0.5, 0.6) is 0 Å². The van der Waals surface area contributed by atoms with Crippen molar-refractivity contribution >= 4 is 15.9 Å². The van der Waals surface area contributed by atoms with Gasteiger partial charge in [-0.3, -0.25) is 0 Å². The molecule has 5 nitrogen and oxygen atoms in total. The normalized spacial score (nSPS) is 21.9. The van der Waals surface area contributed by atoms with Crippen LogP contribution in [0.25, 0.3) is 0 Å². The van der Waals surface area contributed by atoms with Gasteiger partial charge >= 0.3 is 6.03 Å². The first kappa shape index (κ1) is 17.8. The van der Waals surface area contributed by atoms with Gasteiger partial charge in [0.1, 0.15) is 0 Å². The zero-order valence-corrected chi connectivity index (χ0v) is 14.7. The quantitative estimate of drug-likeness (QED) is 0.839. The smallest absolute Gasteiger partial charge is 0.317 e. The summed E-state index contributed by atoms with van der Waals surface area (Å²) >= 11 is 0. The molecule has 1 N–H and O–H groups in total. The van der Waals surface area contributed by atoms with E-state index in [2.05, 4.69) is 19.2 Å². The average Bonchev–Trinajstić information content (AvgIpc) is 2.51. The first-order valence-corrected chi connectivity index (χ1v) is 9.84. The highest BCUT2D eigenvalue weighted by Gasteiger charge is 2.25. The molecule has 2 rings (SSSR count). The molecule has 2 unspecified atom stereocenters. The molecule has 0 aliphatic carbocycles. The Morgan fingerprint density at radius 1 is 1.17 bits per heavy atom. The molecule has 1 heterocycles. The van der Waals surface area contributed by atoms with Gasteiger partial charge in [0, 0.05) is 19.6 Å². The minimum atomic E-state index is -3.27. The number of carbonyl (C=O) groups excluding carboxylic acids is 1. The Kier molecular flexibility index (Phi) is 6.04. The average molecular weight is 338 g/mol. The van der Waals surface area contributed by atoms with E-state index >= 15 is 0 Å². The standard InChI is InChI=1S/C17H26N2O3S/c1-14-11-15(2)13-19(12-14)17(20)18-9-6-10-23(21,22)16-7-4-3-5-8-16/h3-5,7-8,14-15H,6,9-13H2,1-2H3,(H,18,20). The number of likely N-dealkylation sites (tertiary alicyclic amines) is 1. The van der Waals surface area contributed by atoms with E-state index in [-0.39, 0.29) is 11.8 Å². The molecule has 2 atom stereocenters. The molecular formula is C17H26N2O3S. The van der Waals surface area contributed by atoms with Crippen molar-refractivity contribution in [3.05, 3.63) is 30.3 Å². The second-order valence-electron chi connectivity index (χ2n) is 6.57. The van der Waals surface area contributed by atoms with Gasteiger partial charge in [0.25, 0.3) is 0 Å². The monoisotopic (exact) mass is 338 g/mol. The van der Waals surface area contributed by atoms with Crippen molar-refractivity contribution < 1.29 is 13.2 Å². The maximum atomic E-state index is 12.1. The van der Waals surface area contributed by atoms with Gasteiger partial charge in [0.2, 0.25) is 0 Å². The van der Waals surface area contributed by atoms with Crippen molar-refractivity contribution in [1.29, 1.82) is 0 Å². The Morgan fingerprint density at radius 2 is 1.78 bits per heavy atom. The molecule has 23 heavy (non-hydrogen) atoms. The highest BCUT2D eigenvalue weighted by molar-refractivity contribution is 7.91. The molecular weight excluding hydrogens is 312 g/mol. The Bertz CT molecular complexity index is 606. The molecule has 1 fully saturated rings. The van der Waals surface area contributed by atoms with Gasteiger partial charge in [-0.2, -0.15) is 0 Å². The molecule has 1 saturated heterocycles. The maximum absolute atomic E-state index is 12.1. The van der Waals surface area contributed by atoms with Crippen LogP contribution in [-0.2, 0) is 9.84 Å². The summed E-state index contributed by atoms with van der Waals surface area (Å²) in [5, 5.41) is 2.84. The summed E-state index contributed by atoms with van der Waals surface area (Å²) in [6.45, 7) is 6.24. The minimum Gasteiger partial charge on any atom is -0.338 e. The lowest BCUT2D eigenvalue weighted by molar-refractivity contribution is 0.146. The molecule has 2 amide bonds. The largest absolute Gasteiger partial charge is 0.338 e. The summed E-state index contributed by atoms with van der Waals surface area (Å²) < 4.78 is 24.3. The lowest BCUT2D eigenvalue weighted by Gasteiger charge is -2.34. The first-order valence-electron chi connectivity index (χ1n) is 8.19. The van der Waals surface area contributed by atoms with Gasteiger partial charge in [0.15, 0.2) is 9.84 Å². The van der Waals surface area contributed by atoms with Gasteiger partial charge in [0.05, 0.1) is 10.6 Å². The van der Waals surface area contributed by atoms with Crippen molar-refractivity contribution in [1.82, 2.24) is 10.2 Å². The number of sulfone groups is 1. The van der Waals surface area contributed by atoms with Crippen LogP contribution in [-0.4, -0.2) is 44.7 Å². The van der Waals surface area contributed by atoms with Gasteiger partial charge in [-0.1, -0.05) is 32.0 Å². The fraction of sp³-hybridized carbons (Fsp3) is 0.588. The number of benzene rings is 1. The van der Waals surface area contributed by atoms with Gasteiger partial charge < -0.3 is 10.2 Å². The Morgan fingerprint density at radius 3 is 2.39 bits per heavy atom. The van der Waals surface area contributed by atoms with Crippen molar-refractivity contribution in [3.63, 3.8) is 0 Å². The molecule has 1 aliphatic heterocycles. The van der Waals surface area contributed by atoms with Crippen LogP contribution in [0.2, 0.25) is 0 Å². The number of hydrogen-bond donors (Lipinski definition) is 1. The summed E-state index contributed by atoms with van der Waals surface area (Å²) in [5.74, 6) is 1.08. The highest BCUT2D eigenvalue weighted by Crippen LogP contribution is 2.20. The van der Waals surface area contributed by atoms with Gasteiger partial charge in [-0.05, 0) is 36.8 Å². The summed E-state index contributed by atoms with van der Waals surface area (Å²) in [4.78, 5) is 14.3. The molecule has 0 aromatic heterocycles. The van der Waals surface area contributed by atoms with E-state index in [0.717, 1.165) is 19.5 Å². The van der Waals surface area contributed by atoms with E-state index in [1.54, 1.807) is 30.3 Å². The Labute approximate surface area is 139 Å². The van der Waals surface area contributed by atoms with E-state index in [0.29, 0.717) is 29.7 Å². The van der Waals surface area contributed by atoms with Crippen LogP contribution in [0.4, 0.5) is 4.79 Å². The van der Waals surface area contributed by atoms with E-state index < -0.39 is 9.84 Å². The third kappa shape index (κ3) is 5.23. The predicted molar refractivity (Wildman–Crippen MR) is 91.0 cm³/mol. The Hall–Kier alpha value is -1.56. The first-order chi connectivity index (χ1) is 10.9. The number of amides is 2. The summed E-state index contributed by atoms with van der Waals surface area (Å²) in [5.41, 5.74) is 0. The van der Waals surface area contributed by atoms with Crippen LogP contribution >= 0.6 is 0 Å². The zero-order valence-electron chi connectivity index (χ0n) is 13.9. The Balaban J connectivity index is 1.76. The zero-order chi connectivity index (χ0) is 16.9. The molecule has 0 saturated carbocycles. The highest BCUT2D eigenvalue weighted by atomic mass is 32.2. The van der Waals surface area contributed by atoms with E-state index in [9.17, 15) is 13.2 Å². The SMILES string of the molecule is CC1CC(C)CN(C(=O)NCCCS(=O)(=O)c2ccccc2)C1. The number of rotatable bonds is 5. The van der Waals surface area contributed by atoms with E-state index in [4.69, 9.17) is 0 Å². The third-order valence-corrected chi connectivity index (χ3v) is 5.94. The maximum Gasteiger partial charge on any atom is 0.317 e. The predicted octanol–water partition coefficient (Wildman–Crippen LogP) is 2.54. The van der Waals surface area contributed by atoms with Crippen LogP contribution in [0, 0.1) is 11.8 Å². The van der Waals surface area contributed by atoms with Gasteiger partial charge in [-0.25, -0.2) is 13.2 Å². The molecule has 1 aromatic rings. The summed E-state index contributed by atoms with van der Waals surface area (Å²) in [7, 11) is -3.27. The van der Waals surface area contributed by atoms with Crippen LogP contribution in [0.1, 0.15) is 26.7 Å². The van der Waals surface area contributed by atoms with Crippen molar-refractivity contribution in [2.24, 2.45) is 11.8 Å². The minimum absolute atomic E-state index is 0.0457. The van der Waals surface area contributed by atoms with E-state index in [1.165, 1.54) is 0 Å². The van der Waals surface area contributed by atoms with Crippen LogP contribution in [0.15, 0.2) is 35.2 Å². The summed E-state index contributed by atoms with van der Waals surface area (Å²) in [6, 6.07) is 8.34. The molecule has 128 valence electrons. The van der Waals surface area contributed by atoms with Crippen LogP contribution < -0.4 is 5.32 Å². The fourth-order valence-corrected chi connectivity index (χ4v) is 4.48. The number of carbonyl (C=O) groups is 1. The van der Waals surface area contributed by atoms with E-state index in [1.807, 2.05) is 4.90 Å². The second kappa shape index (κ2) is 7.81. The molecule has 6 heteroatoms. The summed E-state index contributed by atoms with van der Waals surface area (Å²) in [6.07, 6.45) is 1.57. The van der Waals surface area contributed by atoms with Crippen molar-refractivity contribution in [2.45, 2.75) is 31.6 Å². The molecule has 0 spiro atoms. The van der Waals surface area contributed by atoms with Gasteiger partial charge in [-0.15, -0.1) is 0 Å². The number of urea groups is 1. The molecule has 1 aromatic carbocycles. The number of nitrogens with zero attached hydrogens (tertiary/aromatic N) is 1. The fourth-order valence-electron chi connectivity index (χ4n) is 3.14. The van der Waals surface area contributed by atoms with Crippen molar-refractivity contribution in [3.8, 4) is 0 Å².